The molecule has 1 amide bonds. The minimum Gasteiger partial charge on any atom is -0.372 e. The highest BCUT2D eigenvalue weighted by molar-refractivity contribution is 6.43. The second-order valence-corrected chi connectivity index (χ2v) is 7.84. The number of likely N-dealkylation sites (N-methyl/N-ethyl adjacent to an activating group) is 1. The Morgan fingerprint density at radius 3 is 2.65 bits per heavy atom. The Labute approximate surface area is 155 Å². The van der Waals surface area contributed by atoms with Crippen molar-refractivity contribution in [3.63, 3.8) is 0 Å². The third-order valence-electron chi connectivity index (χ3n) is 6.34. The molecular formula is C21H28N2O3. The second kappa shape index (κ2) is 7.49. The zero-order chi connectivity index (χ0) is 18.1. The summed E-state index contributed by atoms with van der Waals surface area (Å²) in [6, 6.07) is 6.13. The molecule has 2 fully saturated rings. The van der Waals surface area contributed by atoms with Gasteiger partial charge in [0.2, 0.25) is 0 Å². The van der Waals surface area contributed by atoms with Gasteiger partial charge < -0.3 is 9.64 Å². The van der Waals surface area contributed by atoms with Gasteiger partial charge in [-0.3, -0.25) is 14.5 Å². The van der Waals surface area contributed by atoms with Gasteiger partial charge in [0.1, 0.15) is 0 Å². The predicted octanol–water partition coefficient (Wildman–Crippen LogP) is 2.76. The molecule has 1 saturated carbocycles. The van der Waals surface area contributed by atoms with Gasteiger partial charge in [0.05, 0.1) is 13.2 Å². The molecule has 2 heterocycles. The molecule has 2 atom stereocenters. The number of ether oxygens (including phenoxy) is 1. The number of ketones is 1. The lowest BCUT2D eigenvalue weighted by Crippen LogP contribution is -2.54. The molecule has 5 heteroatoms. The van der Waals surface area contributed by atoms with E-state index in [4.69, 9.17) is 4.74 Å². The van der Waals surface area contributed by atoms with Gasteiger partial charge in [-0.2, -0.15) is 0 Å². The van der Waals surface area contributed by atoms with Crippen LogP contribution in [0.2, 0.25) is 0 Å². The van der Waals surface area contributed by atoms with Crippen molar-refractivity contribution in [3.8, 4) is 0 Å². The van der Waals surface area contributed by atoms with E-state index in [0.29, 0.717) is 24.8 Å². The summed E-state index contributed by atoms with van der Waals surface area (Å²) in [6.07, 6.45) is 6.97. The third-order valence-corrected chi connectivity index (χ3v) is 6.34. The summed E-state index contributed by atoms with van der Waals surface area (Å²) in [5.41, 5.74) is 2.43. The van der Waals surface area contributed by atoms with Gasteiger partial charge in [0.25, 0.3) is 11.7 Å². The van der Waals surface area contributed by atoms with E-state index in [9.17, 15) is 9.59 Å². The number of benzene rings is 1. The van der Waals surface area contributed by atoms with Crippen molar-refractivity contribution < 1.29 is 14.3 Å². The summed E-state index contributed by atoms with van der Waals surface area (Å²) in [5, 5.41) is 0. The van der Waals surface area contributed by atoms with Crippen LogP contribution in [0.4, 0.5) is 0 Å². The Hall–Kier alpha value is -1.72. The van der Waals surface area contributed by atoms with Crippen LogP contribution in [0.15, 0.2) is 18.2 Å². The first kappa shape index (κ1) is 17.7. The SMILES string of the molecule is CN(C(=O)C(=O)c1cccc2c1COC2)[C@@H]1CCCC[C@H]1N1CCCC1. The van der Waals surface area contributed by atoms with E-state index in [1.54, 1.807) is 11.0 Å². The van der Waals surface area contributed by atoms with E-state index in [1.165, 1.54) is 19.3 Å². The molecule has 1 saturated heterocycles. The molecule has 4 rings (SSSR count). The van der Waals surface area contributed by atoms with Gasteiger partial charge >= 0.3 is 0 Å². The maximum atomic E-state index is 13.0. The Morgan fingerprint density at radius 2 is 1.85 bits per heavy atom. The summed E-state index contributed by atoms with van der Waals surface area (Å²) in [5.74, 6) is -0.762. The largest absolute Gasteiger partial charge is 0.372 e. The van der Waals surface area contributed by atoms with Gasteiger partial charge in [-0.25, -0.2) is 0 Å². The van der Waals surface area contributed by atoms with Crippen LogP contribution < -0.4 is 0 Å². The number of fused-ring (bicyclic) bond motifs is 1. The van der Waals surface area contributed by atoms with E-state index < -0.39 is 0 Å². The number of hydrogen-bond acceptors (Lipinski definition) is 4. The zero-order valence-corrected chi connectivity index (χ0v) is 15.6. The lowest BCUT2D eigenvalue weighted by molar-refractivity contribution is -0.129. The molecular weight excluding hydrogens is 328 g/mol. The van der Waals surface area contributed by atoms with Crippen LogP contribution >= 0.6 is 0 Å². The number of likely N-dealkylation sites (tertiary alicyclic amines) is 1. The topological polar surface area (TPSA) is 49.9 Å². The Morgan fingerprint density at radius 1 is 1.08 bits per heavy atom. The molecule has 0 bridgehead atoms. The lowest BCUT2D eigenvalue weighted by Gasteiger charge is -2.42. The average Bonchev–Trinajstić information content (AvgIpc) is 3.37. The highest BCUT2D eigenvalue weighted by Crippen LogP contribution is 2.30. The van der Waals surface area contributed by atoms with Gasteiger partial charge in [0, 0.05) is 24.7 Å². The van der Waals surface area contributed by atoms with Crippen molar-refractivity contribution in [1.29, 1.82) is 0 Å². The van der Waals surface area contributed by atoms with E-state index in [1.807, 2.05) is 19.2 Å². The monoisotopic (exact) mass is 356 g/mol. The van der Waals surface area contributed by atoms with Crippen LogP contribution in [-0.4, -0.2) is 53.7 Å². The van der Waals surface area contributed by atoms with Crippen molar-refractivity contribution in [2.75, 3.05) is 20.1 Å². The van der Waals surface area contributed by atoms with Crippen LogP contribution in [0.25, 0.3) is 0 Å². The van der Waals surface area contributed by atoms with Crippen molar-refractivity contribution in [3.05, 3.63) is 34.9 Å². The summed E-state index contributed by atoms with van der Waals surface area (Å²) in [4.78, 5) is 30.2. The molecule has 0 radical (unpaired) electrons. The summed E-state index contributed by atoms with van der Waals surface area (Å²) in [7, 11) is 1.82. The van der Waals surface area contributed by atoms with Crippen molar-refractivity contribution >= 4 is 11.7 Å². The third kappa shape index (κ3) is 3.19. The second-order valence-electron chi connectivity index (χ2n) is 7.84. The normalized spacial score (nSPS) is 25.9. The highest BCUT2D eigenvalue weighted by atomic mass is 16.5. The van der Waals surface area contributed by atoms with Crippen molar-refractivity contribution in [2.45, 2.75) is 63.8 Å². The van der Waals surface area contributed by atoms with E-state index in [0.717, 1.165) is 43.5 Å². The predicted molar refractivity (Wildman–Crippen MR) is 98.9 cm³/mol. The fraction of sp³-hybridized carbons (Fsp3) is 0.619. The molecule has 5 nitrogen and oxygen atoms in total. The maximum absolute atomic E-state index is 13.0. The molecule has 2 aliphatic heterocycles. The number of carbonyl (C=O) groups excluding carboxylic acids is 2. The first-order valence-corrected chi connectivity index (χ1v) is 9.91. The lowest BCUT2D eigenvalue weighted by atomic mass is 9.88. The van der Waals surface area contributed by atoms with Gasteiger partial charge in [-0.15, -0.1) is 0 Å². The molecule has 0 aromatic heterocycles. The maximum Gasteiger partial charge on any atom is 0.295 e. The summed E-state index contributed by atoms with van der Waals surface area (Å²) >= 11 is 0. The fourth-order valence-electron chi connectivity index (χ4n) is 4.88. The van der Waals surface area contributed by atoms with Crippen molar-refractivity contribution in [1.82, 2.24) is 9.80 Å². The van der Waals surface area contributed by atoms with E-state index in [2.05, 4.69) is 4.90 Å². The van der Waals surface area contributed by atoms with Crippen LogP contribution in [0.3, 0.4) is 0 Å². The number of nitrogens with zero attached hydrogens (tertiary/aromatic N) is 2. The number of Topliss-reactive ketones (excluding diaryl/α,β-unsaturated/α-hetero) is 1. The van der Waals surface area contributed by atoms with Gasteiger partial charge in [-0.05, 0) is 49.9 Å². The Bertz CT molecular complexity index is 696. The number of amides is 1. The molecule has 0 unspecified atom stereocenters. The van der Waals surface area contributed by atoms with E-state index in [-0.39, 0.29) is 17.7 Å². The number of hydrogen-bond donors (Lipinski definition) is 0. The van der Waals surface area contributed by atoms with Crippen LogP contribution in [-0.2, 0) is 22.7 Å². The minimum absolute atomic E-state index is 0.145. The zero-order valence-electron chi connectivity index (χ0n) is 15.6. The number of rotatable bonds is 4. The van der Waals surface area contributed by atoms with Crippen LogP contribution in [0.1, 0.15) is 60.0 Å². The van der Waals surface area contributed by atoms with Crippen LogP contribution in [0, 0.1) is 0 Å². The highest BCUT2D eigenvalue weighted by Gasteiger charge is 2.37. The molecule has 1 aromatic carbocycles. The number of carbonyl (C=O) groups is 2. The first-order chi connectivity index (χ1) is 12.7. The summed E-state index contributed by atoms with van der Waals surface area (Å²) < 4.78 is 5.46. The van der Waals surface area contributed by atoms with Gasteiger partial charge in [0.15, 0.2) is 0 Å². The standard InChI is InChI=1S/C21H28N2O3/c1-22(18-9-2-3-10-19(18)23-11-4-5-12-23)21(25)20(24)16-8-6-7-15-13-26-14-17(15)16/h6-8,18-19H,2-5,9-14H2,1H3/t18-,19-/m1/s1. The molecule has 1 aliphatic carbocycles. The Balaban J connectivity index is 1.53. The van der Waals surface area contributed by atoms with E-state index >= 15 is 0 Å². The molecule has 26 heavy (non-hydrogen) atoms. The minimum atomic E-state index is -0.388. The average molecular weight is 356 g/mol. The molecule has 0 N–H and O–H groups in total. The molecule has 140 valence electrons. The fourth-order valence-corrected chi connectivity index (χ4v) is 4.88. The van der Waals surface area contributed by atoms with Crippen LogP contribution in [0.5, 0.6) is 0 Å². The summed E-state index contributed by atoms with van der Waals surface area (Å²) in [6.45, 7) is 3.20. The quantitative estimate of drug-likeness (QED) is 0.615. The smallest absolute Gasteiger partial charge is 0.295 e. The first-order valence-electron chi connectivity index (χ1n) is 9.91. The van der Waals surface area contributed by atoms with Gasteiger partial charge in [-0.1, -0.05) is 31.0 Å². The molecule has 1 aromatic rings. The Kier molecular flexibility index (Phi) is 5.09. The van der Waals surface area contributed by atoms with Crippen molar-refractivity contribution in [2.24, 2.45) is 0 Å². The molecule has 3 aliphatic rings. The molecule has 0 spiro atoms.